The molecule has 4 rings (SSSR count). The van der Waals surface area contributed by atoms with E-state index in [1.807, 2.05) is 0 Å². The number of aromatic nitrogens is 3. The molecule has 0 saturated carbocycles. The Hall–Kier alpha value is -2.29. The molecule has 60 heavy (non-hydrogen) atoms. The van der Waals surface area contributed by atoms with Gasteiger partial charge in [-0.2, -0.15) is 15.0 Å². The fourth-order valence-electron chi connectivity index (χ4n) is 12.9. The van der Waals surface area contributed by atoms with Crippen LogP contribution in [0.15, 0.2) is 38.0 Å². The van der Waals surface area contributed by atoms with Crippen molar-refractivity contribution in [1.29, 1.82) is 0 Å². The maximum absolute atomic E-state index is 5.79. The van der Waals surface area contributed by atoms with Crippen molar-refractivity contribution in [2.75, 3.05) is 42.5 Å². The largest absolute Gasteiger partial charge is 0.338 e. The second kappa shape index (κ2) is 20.0. The lowest BCUT2D eigenvalue weighted by atomic mass is 9.68. The summed E-state index contributed by atoms with van der Waals surface area (Å²) < 4.78 is 0. The summed E-state index contributed by atoms with van der Waals surface area (Å²) in [6.07, 6.45) is 20.6. The first kappa shape index (κ1) is 50.4. The summed E-state index contributed by atoms with van der Waals surface area (Å²) in [5.74, 6) is 3.56. The summed E-state index contributed by atoms with van der Waals surface area (Å²) >= 11 is 0. The van der Waals surface area contributed by atoms with Gasteiger partial charge in [-0.15, -0.1) is 19.7 Å². The smallest absolute Gasteiger partial charge is 0.230 e. The number of hydrogen-bond donors (Lipinski definition) is 0. The first-order valence-electron chi connectivity index (χ1n) is 24.4. The molecule has 3 saturated heterocycles. The fourth-order valence-corrected chi connectivity index (χ4v) is 12.9. The Morgan fingerprint density at radius 3 is 1.13 bits per heavy atom. The molecule has 0 aromatic carbocycles. The molecule has 1 atom stereocenters. The van der Waals surface area contributed by atoms with Crippen LogP contribution in [0.25, 0.3) is 0 Å². The van der Waals surface area contributed by atoms with E-state index in [4.69, 9.17) is 15.0 Å². The van der Waals surface area contributed by atoms with Crippen LogP contribution in [0.3, 0.4) is 0 Å². The second-order valence-electron chi connectivity index (χ2n) is 23.0. The van der Waals surface area contributed by atoms with Gasteiger partial charge >= 0.3 is 0 Å². The van der Waals surface area contributed by atoms with Crippen LogP contribution < -0.4 is 9.80 Å². The molecule has 4 heterocycles. The highest BCUT2D eigenvalue weighted by Gasteiger charge is 2.50. The summed E-state index contributed by atoms with van der Waals surface area (Å²) in [6.45, 7) is 53.4. The Bertz CT molecular complexity index is 1310. The number of unbranched alkanes of at least 4 members (excludes halogenated alkanes) is 3. The van der Waals surface area contributed by atoms with Crippen LogP contribution in [0.4, 0.5) is 11.9 Å². The van der Waals surface area contributed by atoms with E-state index in [9.17, 15) is 0 Å². The topological polar surface area (TPSA) is 54.9 Å². The molecular weight excluding hydrogens is 737 g/mol. The summed E-state index contributed by atoms with van der Waals surface area (Å²) in [5.41, 5.74) is 0.0252. The van der Waals surface area contributed by atoms with Crippen molar-refractivity contribution in [1.82, 2.24) is 29.7 Å². The van der Waals surface area contributed by atoms with Crippen LogP contribution in [0, 0.1) is 5.92 Å². The first-order chi connectivity index (χ1) is 27.9. The van der Waals surface area contributed by atoms with Crippen LogP contribution in [-0.4, -0.2) is 108 Å². The predicted molar refractivity (Wildman–Crippen MR) is 261 cm³/mol. The van der Waals surface area contributed by atoms with E-state index < -0.39 is 0 Å². The third-order valence-electron chi connectivity index (χ3n) is 15.1. The molecule has 1 unspecified atom stereocenters. The molecule has 3 fully saturated rings. The molecule has 0 bridgehead atoms. The highest BCUT2D eigenvalue weighted by atomic mass is 15.4. The lowest BCUT2D eigenvalue weighted by Gasteiger charge is -2.57. The van der Waals surface area contributed by atoms with Crippen molar-refractivity contribution in [2.24, 2.45) is 5.92 Å². The van der Waals surface area contributed by atoms with E-state index in [-0.39, 0.29) is 39.2 Å². The highest BCUT2D eigenvalue weighted by molar-refractivity contribution is 5.43. The zero-order chi connectivity index (χ0) is 44.9. The maximum Gasteiger partial charge on any atom is 0.230 e. The van der Waals surface area contributed by atoms with E-state index in [2.05, 4.69) is 166 Å². The van der Waals surface area contributed by atoms with E-state index in [0.29, 0.717) is 18.0 Å². The predicted octanol–water partition coefficient (Wildman–Crippen LogP) is 12.2. The van der Waals surface area contributed by atoms with Gasteiger partial charge in [0.05, 0.1) is 0 Å². The Labute approximate surface area is 371 Å². The van der Waals surface area contributed by atoms with Crippen molar-refractivity contribution in [3.05, 3.63) is 43.8 Å². The Kier molecular flexibility index (Phi) is 16.8. The fraction of sp³-hybridized carbons (Fsp3) is 0.827. The minimum atomic E-state index is -0.00622. The monoisotopic (exact) mass is 831 g/mol. The lowest BCUT2D eigenvalue weighted by Crippen LogP contribution is -2.64. The van der Waals surface area contributed by atoms with Crippen molar-refractivity contribution < 1.29 is 0 Å². The third kappa shape index (κ3) is 11.4. The molecule has 1 aromatic rings. The van der Waals surface area contributed by atoms with Crippen LogP contribution in [0.5, 0.6) is 0 Å². The maximum atomic E-state index is 5.79. The molecule has 8 nitrogen and oxygen atoms in total. The lowest BCUT2D eigenvalue weighted by molar-refractivity contribution is -0.0494. The van der Waals surface area contributed by atoms with E-state index in [0.717, 1.165) is 127 Å². The molecule has 342 valence electrons. The summed E-state index contributed by atoms with van der Waals surface area (Å²) in [7, 11) is 0. The Morgan fingerprint density at radius 2 is 0.833 bits per heavy atom. The molecular formula is C52H94N8. The minimum absolute atomic E-state index is 0.00622. The second-order valence-corrected chi connectivity index (χ2v) is 23.0. The van der Waals surface area contributed by atoms with Crippen LogP contribution in [-0.2, 0) is 0 Å². The van der Waals surface area contributed by atoms with Gasteiger partial charge < -0.3 is 9.80 Å². The van der Waals surface area contributed by atoms with E-state index >= 15 is 0 Å². The first-order valence-corrected chi connectivity index (χ1v) is 24.4. The van der Waals surface area contributed by atoms with Crippen LogP contribution >= 0.6 is 0 Å². The normalized spacial score (nSPS) is 23.9. The van der Waals surface area contributed by atoms with Gasteiger partial charge in [0.15, 0.2) is 0 Å². The number of piperidine rings is 3. The van der Waals surface area contributed by atoms with Gasteiger partial charge in [-0.1, -0.05) is 64.7 Å². The SMILES string of the molecule is C=CCN1C(C)(C)CC(C(CCCC)c2nc(N(CCCC)C3CC(C)(C)N(CC=C)C(C)(C)C3)nc(N(CCCC)C3CC(C)(C)N(CC=C)C(C)(C)C3)n2)CC1(C)C. The zero-order valence-corrected chi connectivity index (χ0v) is 42.0. The average Bonchev–Trinajstić information content (AvgIpc) is 3.12. The van der Waals surface area contributed by atoms with Gasteiger partial charge in [-0.3, -0.25) is 14.7 Å². The molecule has 8 heteroatoms. The third-order valence-corrected chi connectivity index (χ3v) is 15.1. The van der Waals surface area contributed by atoms with Crippen molar-refractivity contribution in [3.63, 3.8) is 0 Å². The molecule has 0 spiro atoms. The van der Waals surface area contributed by atoms with Crippen LogP contribution in [0.2, 0.25) is 0 Å². The number of anilines is 2. The minimum Gasteiger partial charge on any atom is -0.338 e. The molecule has 0 radical (unpaired) electrons. The van der Waals surface area contributed by atoms with Gasteiger partial charge in [0.2, 0.25) is 11.9 Å². The average molecular weight is 831 g/mol. The van der Waals surface area contributed by atoms with Crippen molar-refractivity contribution in [2.45, 2.75) is 239 Å². The van der Waals surface area contributed by atoms with E-state index in [1.165, 1.54) is 6.42 Å². The van der Waals surface area contributed by atoms with Gasteiger partial charge in [-0.25, -0.2) is 0 Å². The summed E-state index contributed by atoms with van der Waals surface area (Å²) in [6, 6.07) is 0.618. The van der Waals surface area contributed by atoms with Crippen molar-refractivity contribution in [3.8, 4) is 0 Å². The van der Waals surface area contributed by atoms with Gasteiger partial charge in [0.1, 0.15) is 5.82 Å². The highest BCUT2D eigenvalue weighted by Crippen LogP contribution is 2.49. The summed E-state index contributed by atoms with van der Waals surface area (Å²) in [5, 5.41) is 0. The quantitative estimate of drug-likeness (QED) is 0.114. The van der Waals surface area contributed by atoms with Gasteiger partial charge in [0.25, 0.3) is 0 Å². The number of hydrogen-bond acceptors (Lipinski definition) is 8. The molecule has 0 N–H and O–H groups in total. The zero-order valence-electron chi connectivity index (χ0n) is 42.0. The molecule has 3 aliphatic heterocycles. The van der Waals surface area contributed by atoms with Crippen LogP contribution in [0.1, 0.15) is 199 Å². The van der Waals surface area contributed by atoms with Crippen molar-refractivity contribution >= 4 is 11.9 Å². The van der Waals surface area contributed by atoms with Gasteiger partial charge in [0, 0.05) is 84.0 Å². The van der Waals surface area contributed by atoms with E-state index in [1.54, 1.807) is 0 Å². The Morgan fingerprint density at radius 1 is 0.517 bits per heavy atom. The number of rotatable bonds is 21. The standard InChI is InChI=1S/C52H94N8/c1-19-25-28-43(40-34-47(7,8)58(29-22-4)48(9,10)35-40)44-53-45(56(32-26-20-2)41-36-49(11,12)59(30-23-5)50(13,14)37-41)55-46(54-44)57(33-27-21-3)42-38-51(15,16)60(31-24-6)52(17,18)39-42/h22-24,40-43H,4-6,19-21,25-39H2,1-3,7-18H3. The molecule has 1 aromatic heterocycles. The molecule has 3 aliphatic rings. The van der Waals surface area contributed by atoms with Gasteiger partial charge in [-0.05, 0) is 147 Å². The molecule has 0 aliphatic carbocycles. The Balaban J connectivity index is 1.99. The summed E-state index contributed by atoms with van der Waals surface area (Å²) in [4.78, 5) is 30.7. The molecule has 0 amide bonds. The number of likely N-dealkylation sites (tertiary alicyclic amines) is 3. The number of nitrogens with zero attached hydrogens (tertiary/aromatic N) is 8.